The van der Waals surface area contributed by atoms with Crippen molar-refractivity contribution >= 4 is 12.3 Å². The number of carbonyl (C=O) groups is 2. The molecule has 1 heterocycles. The van der Waals surface area contributed by atoms with Crippen LogP contribution in [-0.4, -0.2) is 49.6 Å². The fourth-order valence-corrected chi connectivity index (χ4v) is 4.68. The van der Waals surface area contributed by atoms with E-state index in [1.807, 2.05) is 24.3 Å². The van der Waals surface area contributed by atoms with Gasteiger partial charge in [0.25, 0.3) is 0 Å². The molecule has 31 heavy (non-hydrogen) atoms. The van der Waals surface area contributed by atoms with E-state index in [0.29, 0.717) is 38.0 Å². The van der Waals surface area contributed by atoms with Crippen LogP contribution < -0.4 is 5.32 Å². The maximum atomic E-state index is 13.5. The Labute approximate surface area is 181 Å². The molecule has 0 aromatic heterocycles. The first-order valence-corrected chi connectivity index (χ1v) is 10.6. The Morgan fingerprint density at radius 1 is 1.19 bits per heavy atom. The van der Waals surface area contributed by atoms with E-state index in [4.69, 9.17) is 9.47 Å². The third kappa shape index (κ3) is 4.48. The van der Waals surface area contributed by atoms with Crippen LogP contribution in [0.3, 0.4) is 0 Å². The maximum Gasteiger partial charge on any atom is 0.247 e. The zero-order chi connectivity index (χ0) is 21.8. The first-order valence-electron chi connectivity index (χ1n) is 10.6. The Morgan fingerprint density at radius 3 is 2.58 bits per heavy atom. The Balaban J connectivity index is 1.61. The van der Waals surface area contributed by atoms with Gasteiger partial charge in [-0.1, -0.05) is 36.4 Å². The van der Waals surface area contributed by atoms with Crippen LogP contribution in [0.1, 0.15) is 41.7 Å². The lowest BCUT2D eigenvalue weighted by Crippen LogP contribution is -2.49. The molecular weight excluding hydrogens is 399 g/mol. The second-order valence-corrected chi connectivity index (χ2v) is 8.02. The molecule has 7 heteroatoms. The molecule has 0 unspecified atom stereocenters. The molecule has 1 aliphatic heterocycles. The molecule has 6 nitrogen and oxygen atoms in total. The Morgan fingerprint density at radius 2 is 1.90 bits per heavy atom. The third-order valence-corrected chi connectivity index (χ3v) is 6.21. The summed E-state index contributed by atoms with van der Waals surface area (Å²) in [5, 5.41) is 3.10. The molecular formula is C24H27FN2O4. The number of hydrogen-bond donors (Lipinski definition) is 1. The molecule has 1 saturated heterocycles. The van der Waals surface area contributed by atoms with Crippen molar-refractivity contribution in [1.29, 1.82) is 0 Å². The van der Waals surface area contributed by atoms with Gasteiger partial charge in [-0.05, 0) is 48.1 Å². The van der Waals surface area contributed by atoms with Crippen LogP contribution in [0.2, 0.25) is 0 Å². The van der Waals surface area contributed by atoms with Crippen LogP contribution in [0, 0.1) is 5.82 Å². The quantitative estimate of drug-likeness (QED) is 0.692. The van der Waals surface area contributed by atoms with Gasteiger partial charge in [-0.15, -0.1) is 0 Å². The minimum absolute atomic E-state index is 0.119. The Hall–Kier alpha value is -2.77. The highest BCUT2D eigenvalue weighted by Crippen LogP contribution is 2.35. The first kappa shape index (κ1) is 21.5. The van der Waals surface area contributed by atoms with Gasteiger partial charge in [-0.25, -0.2) is 4.39 Å². The van der Waals surface area contributed by atoms with Gasteiger partial charge in [0.15, 0.2) is 0 Å². The van der Waals surface area contributed by atoms with Crippen molar-refractivity contribution in [3.8, 4) is 0 Å². The van der Waals surface area contributed by atoms with Gasteiger partial charge in [-0.2, -0.15) is 0 Å². The van der Waals surface area contributed by atoms with Crippen LogP contribution in [0.5, 0.6) is 0 Å². The number of nitrogens with zero attached hydrogens (tertiary/aromatic N) is 1. The van der Waals surface area contributed by atoms with Crippen LogP contribution in [0.4, 0.5) is 4.39 Å². The highest BCUT2D eigenvalue weighted by Gasteiger charge is 2.38. The number of amides is 2. The van der Waals surface area contributed by atoms with Crippen molar-refractivity contribution in [2.75, 3.05) is 20.3 Å². The van der Waals surface area contributed by atoms with Crippen LogP contribution in [-0.2, 0) is 25.5 Å². The normalized spacial score (nSPS) is 21.9. The van der Waals surface area contributed by atoms with Crippen molar-refractivity contribution in [2.45, 2.75) is 43.5 Å². The smallest absolute Gasteiger partial charge is 0.247 e. The number of rotatable bonds is 7. The molecule has 2 amide bonds. The number of hydrogen-bond acceptors (Lipinski definition) is 4. The van der Waals surface area contributed by atoms with E-state index in [9.17, 15) is 14.0 Å². The number of ether oxygens (including phenoxy) is 2. The standard InChI is InChI=1S/C24H27FN2O4/c1-30-23-20-5-3-2-4-17(20)14-21(23)26-24(29)22(16-6-8-18(25)9-7-16)27(15-28)19-10-12-31-13-11-19/h2-9,15,19,21-23H,10-14H2,1H3,(H,26,29)/t21-,22-,23-/m0/s1. The average molecular weight is 426 g/mol. The summed E-state index contributed by atoms with van der Waals surface area (Å²) in [5.74, 6) is -0.692. The highest BCUT2D eigenvalue weighted by atomic mass is 19.1. The SMILES string of the molecule is CO[C@H]1c2ccccc2C[C@@H]1NC(=O)[C@H](c1ccc(F)cc1)N(C=O)C1CCOCC1. The van der Waals surface area contributed by atoms with Gasteiger partial charge >= 0.3 is 0 Å². The Kier molecular flexibility index (Phi) is 6.63. The minimum atomic E-state index is -0.859. The fourth-order valence-electron chi connectivity index (χ4n) is 4.68. The predicted octanol–water partition coefficient (Wildman–Crippen LogP) is 2.93. The lowest BCUT2D eigenvalue weighted by atomic mass is 9.99. The van der Waals surface area contributed by atoms with Crippen LogP contribution in [0.15, 0.2) is 48.5 Å². The molecule has 4 rings (SSSR count). The van der Waals surface area contributed by atoms with Crippen molar-refractivity contribution in [2.24, 2.45) is 0 Å². The molecule has 0 bridgehead atoms. The van der Waals surface area contributed by atoms with E-state index in [1.54, 1.807) is 24.1 Å². The van der Waals surface area contributed by atoms with Gasteiger partial charge in [0.05, 0.1) is 6.04 Å². The van der Waals surface area contributed by atoms with Crippen molar-refractivity contribution < 1.29 is 23.5 Å². The lowest BCUT2D eigenvalue weighted by molar-refractivity contribution is -0.138. The number of benzene rings is 2. The number of methoxy groups -OCH3 is 1. The summed E-state index contributed by atoms with van der Waals surface area (Å²) in [5.41, 5.74) is 2.77. The summed E-state index contributed by atoms with van der Waals surface area (Å²) in [6.07, 6.45) is 2.41. The zero-order valence-corrected chi connectivity index (χ0v) is 17.5. The fraction of sp³-hybridized carbons (Fsp3) is 0.417. The van der Waals surface area contributed by atoms with Gasteiger partial charge in [-0.3, -0.25) is 9.59 Å². The Bertz CT molecular complexity index is 914. The summed E-state index contributed by atoms with van der Waals surface area (Å²) < 4.78 is 24.7. The third-order valence-electron chi connectivity index (χ3n) is 6.21. The molecule has 2 aromatic rings. The van der Waals surface area contributed by atoms with Crippen LogP contribution >= 0.6 is 0 Å². The summed E-state index contributed by atoms with van der Waals surface area (Å²) in [4.78, 5) is 27.2. The average Bonchev–Trinajstić information content (AvgIpc) is 3.15. The predicted molar refractivity (Wildman–Crippen MR) is 113 cm³/mol. The summed E-state index contributed by atoms with van der Waals surface area (Å²) >= 11 is 0. The number of carbonyl (C=O) groups excluding carboxylic acids is 2. The number of nitrogens with one attached hydrogen (secondary N) is 1. The molecule has 1 N–H and O–H groups in total. The molecule has 164 valence electrons. The van der Waals surface area contributed by atoms with E-state index in [1.165, 1.54) is 12.1 Å². The number of fused-ring (bicyclic) bond motifs is 1. The van der Waals surface area contributed by atoms with Crippen LogP contribution in [0.25, 0.3) is 0 Å². The topological polar surface area (TPSA) is 67.9 Å². The van der Waals surface area contributed by atoms with Gasteiger partial charge < -0.3 is 19.7 Å². The zero-order valence-electron chi connectivity index (χ0n) is 17.5. The monoisotopic (exact) mass is 426 g/mol. The molecule has 0 radical (unpaired) electrons. The van der Waals surface area contributed by atoms with E-state index >= 15 is 0 Å². The van der Waals surface area contributed by atoms with Gasteiger partial charge in [0.1, 0.15) is 18.0 Å². The number of halogens is 1. The van der Waals surface area contributed by atoms with Gasteiger partial charge in [0, 0.05) is 26.4 Å². The van der Waals surface area contributed by atoms with E-state index in [-0.39, 0.29) is 24.1 Å². The lowest BCUT2D eigenvalue weighted by Gasteiger charge is -2.37. The molecule has 1 aliphatic carbocycles. The highest BCUT2D eigenvalue weighted by molar-refractivity contribution is 5.85. The molecule has 3 atom stereocenters. The summed E-state index contributed by atoms with van der Waals surface area (Å²) in [6.45, 7) is 1.08. The van der Waals surface area contributed by atoms with Gasteiger partial charge in [0.2, 0.25) is 12.3 Å². The van der Waals surface area contributed by atoms with Crippen molar-refractivity contribution in [3.05, 3.63) is 71.0 Å². The van der Waals surface area contributed by atoms with Crippen molar-refractivity contribution in [3.63, 3.8) is 0 Å². The molecule has 2 aliphatic rings. The summed E-state index contributed by atoms with van der Waals surface area (Å²) in [6, 6.07) is 12.5. The maximum absolute atomic E-state index is 13.5. The minimum Gasteiger partial charge on any atom is -0.381 e. The molecule has 1 fully saturated rings. The second kappa shape index (κ2) is 9.58. The van der Waals surface area contributed by atoms with Crippen molar-refractivity contribution in [1.82, 2.24) is 10.2 Å². The largest absolute Gasteiger partial charge is 0.381 e. The summed E-state index contributed by atoms with van der Waals surface area (Å²) in [7, 11) is 1.63. The second-order valence-electron chi connectivity index (χ2n) is 8.02. The van der Waals surface area contributed by atoms with E-state index in [2.05, 4.69) is 5.32 Å². The molecule has 0 saturated carbocycles. The van der Waals surface area contributed by atoms with E-state index < -0.39 is 11.9 Å². The molecule has 2 aromatic carbocycles. The first-order chi connectivity index (χ1) is 15.1. The molecule has 0 spiro atoms. The van der Waals surface area contributed by atoms with E-state index in [0.717, 1.165) is 17.5 Å².